The number of rotatable bonds is 6. The standard InChI is InChI=1S/C14H23NOS/c1-10-7-11(2)14(12(3)8-10)13(15)9-17-6-5-16-4/h7-8,13H,5-6,9,15H2,1-4H3. The Morgan fingerprint density at radius 2 is 1.82 bits per heavy atom. The number of thioether (sulfide) groups is 1. The first-order valence-electron chi connectivity index (χ1n) is 5.96. The fourth-order valence-corrected chi connectivity index (χ4v) is 3.08. The molecule has 1 aromatic carbocycles. The average Bonchev–Trinajstić information content (AvgIpc) is 2.23. The molecule has 0 heterocycles. The summed E-state index contributed by atoms with van der Waals surface area (Å²) in [7, 11) is 1.73. The third-order valence-corrected chi connectivity index (χ3v) is 3.89. The fraction of sp³-hybridized carbons (Fsp3) is 0.571. The Hall–Kier alpha value is -0.510. The summed E-state index contributed by atoms with van der Waals surface area (Å²) in [6, 6.07) is 4.54. The molecule has 1 atom stereocenters. The molecule has 0 spiro atoms. The molecule has 0 aromatic heterocycles. The largest absolute Gasteiger partial charge is 0.384 e. The minimum Gasteiger partial charge on any atom is -0.384 e. The van der Waals surface area contributed by atoms with E-state index in [0.29, 0.717) is 0 Å². The van der Waals surface area contributed by atoms with Crippen molar-refractivity contribution in [3.8, 4) is 0 Å². The molecule has 96 valence electrons. The lowest BCUT2D eigenvalue weighted by Crippen LogP contribution is -2.16. The first-order chi connectivity index (χ1) is 8.06. The van der Waals surface area contributed by atoms with Crippen LogP contribution in [0.2, 0.25) is 0 Å². The van der Waals surface area contributed by atoms with Gasteiger partial charge in [0, 0.05) is 24.7 Å². The summed E-state index contributed by atoms with van der Waals surface area (Å²) in [6.45, 7) is 7.22. The molecule has 0 saturated heterocycles. The lowest BCUT2D eigenvalue weighted by Gasteiger charge is -2.18. The van der Waals surface area contributed by atoms with Crippen molar-refractivity contribution in [2.24, 2.45) is 5.73 Å². The van der Waals surface area contributed by atoms with Gasteiger partial charge in [-0.3, -0.25) is 0 Å². The molecule has 0 fully saturated rings. The normalized spacial score (nSPS) is 12.8. The molecule has 0 saturated carbocycles. The van der Waals surface area contributed by atoms with Crippen LogP contribution in [0.15, 0.2) is 12.1 Å². The highest BCUT2D eigenvalue weighted by atomic mass is 32.2. The highest BCUT2D eigenvalue weighted by molar-refractivity contribution is 7.99. The number of hydrogen-bond acceptors (Lipinski definition) is 3. The molecule has 1 aromatic rings. The minimum atomic E-state index is 0.123. The van der Waals surface area contributed by atoms with Crippen molar-refractivity contribution < 1.29 is 4.74 Å². The maximum Gasteiger partial charge on any atom is 0.0552 e. The lowest BCUT2D eigenvalue weighted by atomic mass is 9.95. The molecule has 0 amide bonds. The van der Waals surface area contributed by atoms with E-state index in [4.69, 9.17) is 10.5 Å². The number of benzene rings is 1. The summed E-state index contributed by atoms with van der Waals surface area (Å²) < 4.78 is 5.03. The Kier molecular flexibility index (Phi) is 6.03. The van der Waals surface area contributed by atoms with Gasteiger partial charge in [0.1, 0.15) is 0 Å². The first-order valence-corrected chi connectivity index (χ1v) is 7.11. The van der Waals surface area contributed by atoms with Gasteiger partial charge in [-0.2, -0.15) is 11.8 Å². The first kappa shape index (κ1) is 14.6. The second kappa shape index (κ2) is 7.04. The minimum absolute atomic E-state index is 0.123. The Labute approximate surface area is 109 Å². The molecule has 2 nitrogen and oxygen atoms in total. The molecule has 0 bridgehead atoms. The van der Waals surface area contributed by atoms with Crippen LogP contribution in [0.1, 0.15) is 28.3 Å². The summed E-state index contributed by atoms with van der Waals surface area (Å²) in [6.07, 6.45) is 0. The Morgan fingerprint density at radius 1 is 1.24 bits per heavy atom. The summed E-state index contributed by atoms with van der Waals surface area (Å²) >= 11 is 1.85. The van der Waals surface area contributed by atoms with Crippen LogP contribution in [0.5, 0.6) is 0 Å². The third-order valence-electron chi connectivity index (χ3n) is 2.84. The predicted octanol–water partition coefficient (Wildman–Crippen LogP) is 2.99. The molecular weight excluding hydrogens is 230 g/mol. The van der Waals surface area contributed by atoms with E-state index in [2.05, 4.69) is 32.9 Å². The van der Waals surface area contributed by atoms with Gasteiger partial charge in [-0.25, -0.2) is 0 Å². The second-order valence-corrected chi connectivity index (χ2v) is 5.64. The highest BCUT2D eigenvalue weighted by Gasteiger charge is 2.12. The quantitative estimate of drug-likeness (QED) is 0.792. The molecule has 1 unspecified atom stereocenters. The van der Waals surface area contributed by atoms with E-state index >= 15 is 0 Å². The molecule has 2 N–H and O–H groups in total. The molecular formula is C14H23NOS. The van der Waals surface area contributed by atoms with Crippen molar-refractivity contribution >= 4 is 11.8 Å². The predicted molar refractivity (Wildman–Crippen MR) is 76.8 cm³/mol. The summed E-state index contributed by atoms with van der Waals surface area (Å²) in [5.74, 6) is 1.96. The summed E-state index contributed by atoms with van der Waals surface area (Å²) in [5.41, 5.74) is 11.5. The SMILES string of the molecule is COCCSCC(N)c1c(C)cc(C)cc1C. The number of hydrogen-bond donors (Lipinski definition) is 1. The van der Waals surface area contributed by atoms with Crippen LogP contribution in [0, 0.1) is 20.8 Å². The molecule has 0 aliphatic heterocycles. The van der Waals surface area contributed by atoms with Gasteiger partial charge < -0.3 is 10.5 Å². The van der Waals surface area contributed by atoms with Gasteiger partial charge in [-0.15, -0.1) is 0 Å². The third kappa shape index (κ3) is 4.34. The lowest BCUT2D eigenvalue weighted by molar-refractivity contribution is 0.218. The van der Waals surface area contributed by atoms with E-state index in [0.717, 1.165) is 18.1 Å². The number of aryl methyl sites for hydroxylation is 3. The number of nitrogens with two attached hydrogens (primary N) is 1. The Balaban J connectivity index is 2.65. The van der Waals surface area contributed by atoms with Crippen LogP contribution in [0.25, 0.3) is 0 Å². The van der Waals surface area contributed by atoms with Gasteiger partial charge in [0.25, 0.3) is 0 Å². The summed E-state index contributed by atoms with van der Waals surface area (Å²) in [5, 5.41) is 0. The van der Waals surface area contributed by atoms with Gasteiger partial charge in [0.2, 0.25) is 0 Å². The second-order valence-electron chi connectivity index (χ2n) is 4.49. The van der Waals surface area contributed by atoms with Crippen LogP contribution >= 0.6 is 11.8 Å². The Morgan fingerprint density at radius 3 is 2.35 bits per heavy atom. The van der Waals surface area contributed by atoms with E-state index in [-0.39, 0.29) is 6.04 Å². The van der Waals surface area contributed by atoms with Crippen molar-refractivity contribution in [2.45, 2.75) is 26.8 Å². The maximum atomic E-state index is 6.27. The van der Waals surface area contributed by atoms with Gasteiger partial charge in [-0.1, -0.05) is 17.7 Å². The zero-order valence-electron chi connectivity index (χ0n) is 11.2. The summed E-state index contributed by atoms with van der Waals surface area (Å²) in [4.78, 5) is 0. The van der Waals surface area contributed by atoms with E-state index in [1.54, 1.807) is 7.11 Å². The topological polar surface area (TPSA) is 35.2 Å². The van der Waals surface area contributed by atoms with Gasteiger partial charge in [-0.05, 0) is 37.5 Å². The monoisotopic (exact) mass is 253 g/mol. The van der Waals surface area contributed by atoms with Crippen LogP contribution in [0.3, 0.4) is 0 Å². The van der Waals surface area contributed by atoms with E-state index in [1.165, 1.54) is 22.3 Å². The van der Waals surface area contributed by atoms with Crippen molar-refractivity contribution in [2.75, 3.05) is 25.2 Å². The zero-order valence-corrected chi connectivity index (χ0v) is 12.1. The fourth-order valence-electron chi connectivity index (χ4n) is 2.21. The van der Waals surface area contributed by atoms with Gasteiger partial charge in [0.15, 0.2) is 0 Å². The molecule has 0 aliphatic carbocycles. The highest BCUT2D eigenvalue weighted by Crippen LogP contribution is 2.24. The molecule has 0 aliphatic rings. The average molecular weight is 253 g/mol. The van der Waals surface area contributed by atoms with E-state index in [9.17, 15) is 0 Å². The molecule has 3 heteroatoms. The van der Waals surface area contributed by atoms with Crippen LogP contribution in [-0.4, -0.2) is 25.2 Å². The van der Waals surface area contributed by atoms with Crippen molar-refractivity contribution in [1.29, 1.82) is 0 Å². The molecule has 17 heavy (non-hydrogen) atoms. The number of methoxy groups -OCH3 is 1. The van der Waals surface area contributed by atoms with Crippen LogP contribution < -0.4 is 5.73 Å². The smallest absolute Gasteiger partial charge is 0.0552 e. The van der Waals surface area contributed by atoms with Gasteiger partial charge in [0.05, 0.1) is 6.61 Å². The maximum absolute atomic E-state index is 6.27. The van der Waals surface area contributed by atoms with E-state index in [1.807, 2.05) is 11.8 Å². The van der Waals surface area contributed by atoms with Crippen molar-refractivity contribution in [3.05, 3.63) is 34.4 Å². The zero-order chi connectivity index (χ0) is 12.8. The van der Waals surface area contributed by atoms with Crippen LogP contribution in [-0.2, 0) is 4.74 Å². The van der Waals surface area contributed by atoms with Crippen molar-refractivity contribution in [3.63, 3.8) is 0 Å². The molecule has 0 radical (unpaired) electrons. The van der Waals surface area contributed by atoms with Crippen molar-refractivity contribution in [1.82, 2.24) is 0 Å². The molecule has 1 rings (SSSR count). The Bertz CT molecular complexity index is 342. The van der Waals surface area contributed by atoms with Crippen LogP contribution in [0.4, 0.5) is 0 Å². The van der Waals surface area contributed by atoms with E-state index < -0.39 is 0 Å². The number of ether oxygens (including phenoxy) is 1. The van der Waals surface area contributed by atoms with Gasteiger partial charge >= 0.3 is 0 Å².